The molecule has 4 amide bonds. The number of rotatable bonds is 5. The molecule has 1 aromatic carbocycles. The molecule has 2 aromatic rings. The second-order valence-electron chi connectivity index (χ2n) is 7.07. The summed E-state index contributed by atoms with van der Waals surface area (Å²) >= 11 is 0. The molecule has 8 heteroatoms. The maximum absolute atomic E-state index is 12.6. The number of aromatic nitrogens is 2. The van der Waals surface area contributed by atoms with Gasteiger partial charge in [0.2, 0.25) is 5.91 Å². The minimum absolute atomic E-state index is 0.292. The maximum Gasteiger partial charge on any atom is 0.325 e. The quantitative estimate of drug-likeness (QED) is 0.787. The van der Waals surface area contributed by atoms with E-state index in [0.29, 0.717) is 25.1 Å². The van der Waals surface area contributed by atoms with Crippen LogP contribution in [-0.4, -0.2) is 44.6 Å². The molecular formula is C19H21N5O3. The molecule has 2 fully saturated rings. The fraction of sp³-hybridized carbons (Fsp3) is 0.368. The minimum Gasteiger partial charge on any atom is -0.323 e. The number of anilines is 1. The Morgan fingerprint density at radius 2 is 1.93 bits per heavy atom. The Hall–Kier alpha value is -3.16. The van der Waals surface area contributed by atoms with Gasteiger partial charge in [-0.3, -0.25) is 19.2 Å². The predicted octanol–water partition coefficient (Wildman–Crippen LogP) is 1.73. The maximum atomic E-state index is 12.6. The van der Waals surface area contributed by atoms with Gasteiger partial charge < -0.3 is 10.6 Å². The van der Waals surface area contributed by atoms with Gasteiger partial charge in [0.25, 0.3) is 5.91 Å². The number of carbonyl (C=O) groups is 3. The van der Waals surface area contributed by atoms with Gasteiger partial charge in [-0.2, -0.15) is 5.10 Å². The fourth-order valence-corrected chi connectivity index (χ4v) is 3.77. The summed E-state index contributed by atoms with van der Waals surface area (Å²) in [4.78, 5) is 38.0. The van der Waals surface area contributed by atoms with E-state index in [9.17, 15) is 14.4 Å². The fourth-order valence-electron chi connectivity index (χ4n) is 3.77. The molecule has 1 spiro atoms. The van der Waals surface area contributed by atoms with Crippen LogP contribution in [0.1, 0.15) is 31.2 Å². The van der Waals surface area contributed by atoms with Crippen LogP contribution < -0.4 is 10.6 Å². The van der Waals surface area contributed by atoms with Crippen LogP contribution in [0.4, 0.5) is 10.5 Å². The first-order chi connectivity index (χ1) is 13.1. The monoisotopic (exact) mass is 367 g/mol. The first-order valence-electron chi connectivity index (χ1n) is 9.06. The molecule has 1 aliphatic carbocycles. The third kappa shape index (κ3) is 3.42. The molecule has 2 N–H and O–H groups in total. The third-order valence-electron chi connectivity index (χ3n) is 5.11. The van der Waals surface area contributed by atoms with Gasteiger partial charge in [0.15, 0.2) is 0 Å². The molecule has 8 nitrogen and oxygen atoms in total. The Balaban J connectivity index is 1.36. The molecule has 1 saturated carbocycles. The van der Waals surface area contributed by atoms with Crippen molar-refractivity contribution in [2.45, 2.75) is 37.8 Å². The molecule has 0 unspecified atom stereocenters. The molecule has 27 heavy (non-hydrogen) atoms. The van der Waals surface area contributed by atoms with E-state index in [1.165, 1.54) is 0 Å². The van der Waals surface area contributed by atoms with E-state index in [1.54, 1.807) is 17.1 Å². The number of nitrogens with one attached hydrogen (secondary N) is 2. The van der Waals surface area contributed by atoms with E-state index < -0.39 is 17.5 Å². The Labute approximate surface area is 156 Å². The third-order valence-corrected chi connectivity index (χ3v) is 5.11. The Kier molecular flexibility index (Phi) is 4.39. The molecule has 0 bridgehead atoms. The Morgan fingerprint density at radius 3 is 2.67 bits per heavy atom. The molecule has 140 valence electrons. The lowest BCUT2D eigenvalue weighted by molar-refractivity contribution is -0.133. The van der Waals surface area contributed by atoms with Gasteiger partial charge in [-0.05, 0) is 18.4 Å². The van der Waals surface area contributed by atoms with Crippen LogP contribution in [0.5, 0.6) is 0 Å². The SMILES string of the molecule is O=C(CN1C(=O)NC2(CCCC2)C1=O)Nc1cnn(Cc2ccccc2)c1. The number of amides is 4. The first kappa shape index (κ1) is 17.3. The average Bonchev–Trinajstić information content (AvgIpc) is 3.34. The second kappa shape index (κ2) is 6.86. The summed E-state index contributed by atoms with van der Waals surface area (Å²) in [5.74, 6) is -0.715. The van der Waals surface area contributed by atoms with E-state index >= 15 is 0 Å². The van der Waals surface area contributed by atoms with Crippen molar-refractivity contribution in [1.29, 1.82) is 0 Å². The number of nitrogens with zero attached hydrogens (tertiary/aromatic N) is 3. The molecule has 1 aliphatic heterocycles. The number of benzene rings is 1. The standard InChI is InChI=1S/C19H21N5O3/c25-16(13-24-17(26)19(22-18(24)27)8-4-5-9-19)21-15-10-20-23(12-15)11-14-6-2-1-3-7-14/h1-3,6-7,10,12H,4-5,8-9,11,13H2,(H,21,25)(H,22,27). The average molecular weight is 367 g/mol. The number of hydrogen-bond acceptors (Lipinski definition) is 4. The molecule has 0 radical (unpaired) electrons. The van der Waals surface area contributed by atoms with E-state index in [1.807, 2.05) is 30.3 Å². The number of urea groups is 1. The molecular weight excluding hydrogens is 346 g/mol. The van der Waals surface area contributed by atoms with Crippen LogP contribution >= 0.6 is 0 Å². The van der Waals surface area contributed by atoms with Crippen LogP contribution in [0.3, 0.4) is 0 Å². The first-order valence-corrected chi connectivity index (χ1v) is 9.06. The van der Waals surface area contributed by atoms with Crippen molar-refractivity contribution in [1.82, 2.24) is 20.0 Å². The zero-order chi connectivity index (χ0) is 18.9. The van der Waals surface area contributed by atoms with Crippen molar-refractivity contribution >= 4 is 23.5 Å². The van der Waals surface area contributed by atoms with Gasteiger partial charge in [-0.1, -0.05) is 43.2 Å². The lowest BCUT2D eigenvalue weighted by Crippen LogP contribution is -2.44. The van der Waals surface area contributed by atoms with E-state index in [-0.39, 0.29) is 12.5 Å². The summed E-state index contributed by atoms with van der Waals surface area (Å²) in [6, 6.07) is 9.36. The molecule has 2 aliphatic rings. The summed E-state index contributed by atoms with van der Waals surface area (Å²) in [5.41, 5.74) is 0.830. The van der Waals surface area contributed by atoms with Crippen molar-refractivity contribution in [2.24, 2.45) is 0 Å². The number of carbonyl (C=O) groups excluding carboxylic acids is 3. The lowest BCUT2D eigenvalue weighted by atomic mass is 9.98. The van der Waals surface area contributed by atoms with Crippen LogP contribution in [0.25, 0.3) is 0 Å². The van der Waals surface area contributed by atoms with Crippen molar-refractivity contribution in [3.63, 3.8) is 0 Å². The highest BCUT2D eigenvalue weighted by Gasteiger charge is 2.52. The van der Waals surface area contributed by atoms with Gasteiger partial charge in [-0.15, -0.1) is 0 Å². The highest BCUT2D eigenvalue weighted by molar-refractivity contribution is 6.10. The van der Waals surface area contributed by atoms with Gasteiger partial charge in [0, 0.05) is 6.20 Å². The smallest absolute Gasteiger partial charge is 0.323 e. The molecule has 2 heterocycles. The molecule has 1 saturated heterocycles. The largest absolute Gasteiger partial charge is 0.325 e. The Morgan fingerprint density at radius 1 is 1.19 bits per heavy atom. The summed E-state index contributed by atoms with van der Waals surface area (Å²) in [7, 11) is 0. The Bertz CT molecular complexity index is 870. The molecule has 4 rings (SSSR count). The van der Waals surface area contributed by atoms with Gasteiger partial charge in [0.1, 0.15) is 12.1 Å². The highest BCUT2D eigenvalue weighted by Crippen LogP contribution is 2.34. The molecule has 0 atom stereocenters. The van der Waals surface area contributed by atoms with Crippen LogP contribution in [0.15, 0.2) is 42.7 Å². The van der Waals surface area contributed by atoms with Crippen LogP contribution in [-0.2, 0) is 16.1 Å². The van der Waals surface area contributed by atoms with Crippen molar-refractivity contribution < 1.29 is 14.4 Å². The number of hydrogen-bond donors (Lipinski definition) is 2. The summed E-state index contributed by atoms with van der Waals surface area (Å²) < 4.78 is 1.71. The van der Waals surface area contributed by atoms with Crippen molar-refractivity contribution in [3.8, 4) is 0 Å². The predicted molar refractivity (Wildman–Crippen MR) is 97.8 cm³/mol. The minimum atomic E-state index is -0.794. The topological polar surface area (TPSA) is 96.3 Å². The lowest BCUT2D eigenvalue weighted by Gasteiger charge is -2.19. The van der Waals surface area contributed by atoms with E-state index in [0.717, 1.165) is 23.3 Å². The summed E-state index contributed by atoms with van der Waals surface area (Å²) in [6.07, 6.45) is 6.36. The zero-order valence-electron chi connectivity index (χ0n) is 14.9. The number of imide groups is 1. The van der Waals surface area contributed by atoms with Gasteiger partial charge in [0.05, 0.1) is 18.4 Å². The second-order valence-corrected chi connectivity index (χ2v) is 7.07. The zero-order valence-corrected chi connectivity index (χ0v) is 14.9. The summed E-state index contributed by atoms with van der Waals surface area (Å²) in [5, 5.41) is 9.70. The van der Waals surface area contributed by atoms with E-state index in [2.05, 4.69) is 15.7 Å². The van der Waals surface area contributed by atoms with Crippen LogP contribution in [0, 0.1) is 0 Å². The normalized spacial score (nSPS) is 18.1. The van der Waals surface area contributed by atoms with Crippen molar-refractivity contribution in [2.75, 3.05) is 11.9 Å². The highest BCUT2D eigenvalue weighted by atomic mass is 16.2. The van der Waals surface area contributed by atoms with Gasteiger partial charge in [-0.25, -0.2) is 4.79 Å². The molecule has 1 aromatic heterocycles. The summed E-state index contributed by atoms with van der Waals surface area (Å²) in [6.45, 7) is 0.294. The van der Waals surface area contributed by atoms with Gasteiger partial charge >= 0.3 is 6.03 Å². The van der Waals surface area contributed by atoms with E-state index in [4.69, 9.17) is 0 Å². The van der Waals surface area contributed by atoms with Crippen molar-refractivity contribution in [3.05, 3.63) is 48.3 Å². The van der Waals surface area contributed by atoms with Crippen LogP contribution in [0.2, 0.25) is 0 Å².